The first kappa shape index (κ1) is 39.0. The molecule has 3 rings (SSSR count). The Morgan fingerprint density at radius 3 is 1.09 bits per heavy atom. The van der Waals surface area contributed by atoms with Gasteiger partial charge in [0.1, 0.15) is 22.9 Å². The number of unbranched alkanes of at least 4 members (excludes halogenated alkanes) is 12. The molecule has 0 aliphatic heterocycles. The lowest BCUT2D eigenvalue weighted by atomic mass is 10.1. The topological polar surface area (TPSA) is 44.2 Å². The lowest BCUT2D eigenvalue weighted by Gasteiger charge is -2.09. The monoisotopic (exact) mass is 880 g/mol. The van der Waals surface area contributed by atoms with E-state index in [9.17, 15) is 0 Å². The predicted molar refractivity (Wildman–Crippen MR) is 211 cm³/mol. The van der Waals surface area contributed by atoms with Gasteiger partial charge in [0, 0.05) is 8.96 Å². The smallest absolute Gasteiger partial charge is 0.119 e. The van der Waals surface area contributed by atoms with Crippen LogP contribution in [0.3, 0.4) is 0 Å². The average molecular weight is 884 g/mol. The molecule has 0 unspecified atom stereocenters. The summed E-state index contributed by atoms with van der Waals surface area (Å²) in [6.07, 6.45) is 17.9. The molecule has 0 aliphatic carbocycles. The molecule has 0 atom stereocenters. The van der Waals surface area contributed by atoms with Gasteiger partial charge in [-0.1, -0.05) is 115 Å². The van der Waals surface area contributed by atoms with Gasteiger partial charge in [0.15, 0.2) is 0 Å². The molecule has 8 heteroatoms. The molecule has 0 saturated carbocycles. The Bertz CT molecular complexity index is 1240. The van der Waals surface area contributed by atoms with Crippen LogP contribution in [0.15, 0.2) is 60.7 Å². The van der Waals surface area contributed by atoms with Crippen molar-refractivity contribution < 1.29 is 9.47 Å². The molecule has 250 valence electrons. The molecule has 3 aromatic rings. The third-order valence-electron chi connectivity index (χ3n) is 7.75. The molecule has 0 amide bonds. The van der Waals surface area contributed by atoms with Crippen LogP contribution in [0.25, 0.3) is 17.9 Å². The van der Waals surface area contributed by atoms with E-state index in [1.54, 1.807) is 0 Å². The standard InChI is InChI=1S/C38H48Br4N2O2/c1-3-5-7-9-11-13-15-27-45-31-21-17-29(18-22-31)35(39)37(41)33-25-26-34(44-43-33)38(42)36(40)30-19-23-32(24-20-30)46-28-16-14-12-10-8-6-4-2/h17-26H,3-16,27-28H2,1-2H3/b37-35+,38-36+. The predicted octanol–water partition coefficient (Wildman–Crippen LogP) is 14.0. The number of aromatic nitrogens is 2. The molecule has 0 saturated heterocycles. The quantitative estimate of drug-likeness (QED) is 0.0943. The molecule has 1 aromatic heterocycles. The number of hydrogen-bond donors (Lipinski definition) is 0. The first-order valence-corrected chi connectivity index (χ1v) is 20.0. The Balaban J connectivity index is 1.50. The summed E-state index contributed by atoms with van der Waals surface area (Å²) >= 11 is 14.9. The van der Waals surface area contributed by atoms with Crippen molar-refractivity contribution in [2.75, 3.05) is 13.2 Å². The highest BCUT2D eigenvalue weighted by molar-refractivity contribution is 9.18. The summed E-state index contributed by atoms with van der Waals surface area (Å²) in [5.74, 6) is 1.78. The van der Waals surface area contributed by atoms with Crippen LogP contribution in [0.1, 0.15) is 126 Å². The summed E-state index contributed by atoms with van der Waals surface area (Å²) in [5.41, 5.74) is 3.52. The van der Waals surface area contributed by atoms with Crippen LogP contribution >= 0.6 is 63.7 Å². The maximum atomic E-state index is 5.96. The SMILES string of the molecule is CCCCCCCCCOc1ccc(/C(Br)=C(\Br)c2ccc(/C(Br)=C(\Br)c3ccc(OCCCCCCCCC)cc3)nn2)cc1. The molecule has 1 heterocycles. The average Bonchev–Trinajstić information content (AvgIpc) is 3.10. The van der Waals surface area contributed by atoms with Gasteiger partial charge in [0.05, 0.1) is 22.2 Å². The van der Waals surface area contributed by atoms with Gasteiger partial charge in [-0.3, -0.25) is 0 Å². The van der Waals surface area contributed by atoms with Crippen molar-refractivity contribution in [1.29, 1.82) is 0 Å². The van der Waals surface area contributed by atoms with Gasteiger partial charge >= 0.3 is 0 Å². The lowest BCUT2D eigenvalue weighted by Crippen LogP contribution is -1.97. The molecule has 0 aliphatic rings. The van der Waals surface area contributed by atoms with E-state index >= 15 is 0 Å². The lowest BCUT2D eigenvalue weighted by molar-refractivity contribution is 0.304. The minimum atomic E-state index is 0.730. The summed E-state index contributed by atoms with van der Waals surface area (Å²) in [6, 6.07) is 20.2. The van der Waals surface area contributed by atoms with Crippen molar-refractivity contribution in [3.8, 4) is 11.5 Å². The fraction of sp³-hybridized carbons (Fsp3) is 0.474. The fourth-order valence-corrected chi connectivity index (χ4v) is 6.75. The molecule has 0 spiro atoms. The van der Waals surface area contributed by atoms with Crippen LogP contribution in [0, 0.1) is 0 Å². The van der Waals surface area contributed by atoms with Gasteiger partial charge < -0.3 is 9.47 Å². The van der Waals surface area contributed by atoms with Crippen LogP contribution in [-0.4, -0.2) is 23.4 Å². The van der Waals surface area contributed by atoms with E-state index < -0.39 is 0 Å². The van der Waals surface area contributed by atoms with E-state index in [0.717, 1.165) is 78.0 Å². The van der Waals surface area contributed by atoms with E-state index in [0.29, 0.717) is 0 Å². The zero-order valence-corrected chi connectivity index (χ0v) is 33.7. The Morgan fingerprint density at radius 1 is 0.435 bits per heavy atom. The van der Waals surface area contributed by atoms with Crippen molar-refractivity contribution in [3.63, 3.8) is 0 Å². The Kier molecular flexibility index (Phi) is 19.5. The zero-order valence-electron chi connectivity index (χ0n) is 27.3. The molecule has 0 radical (unpaired) electrons. The summed E-state index contributed by atoms with van der Waals surface area (Å²) in [4.78, 5) is 0. The first-order valence-electron chi connectivity index (χ1n) is 16.9. The second-order valence-electron chi connectivity index (χ2n) is 11.5. The van der Waals surface area contributed by atoms with Crippen molar-refractivity contribution in [3.05, 3.63) is 83.2 Å². The minimum absolute atomic E-state index is 0.730. The van der Waals surface area contributed by atoms with Crippen molar-refractivity contribution in [2.24, 2.45) is 0 Å². The molecule has 0 bridgehead atoms. The Hall–Kier alpha value is -1.48. The third-order valence-corrected chi connectivity index (χ3v) is 12.1. The van der Waals surface area contributed by atoms with Crippen molar-refractivity contribution in [1.82, 2.24) is 10.2 Å². The van der Waals surface area contributed by atoms with E-state index in [1.165, 1.54) is 77.0 Å². The van der Waals surface area contributed by atoms with Gasteiger partial charge in [-0.2, -0.15) is 0 Å². The maximum Gasteiger partial charge on any atom is 0.119 e. The summed E-state index contributed by atoms with van der Waals surface area (Å²) in [5, 5.41) is 8.98. The number of ether oxygens (including phenoxy) is 2. The van der Waals surface area contributed by atoms with Gasteiger partial charge in [-0.05, 0) is 124 Å². The number of hydrogen-bond acceptors (Lipinski definition) is 4. The van der Waals surface area contributed by atoms with Crippen LogP contribution in [0.4, 0.5) is 0 Å². The van der Waals surface area contributed by atoms with E-state index in [1.807, 2.05) is 36.4 Å². The normalized spacial score (nSPS) is 12.5. The summed E-state index contributed by atoms with van der Waals surface area (Å²) in [6.45, 7) is 6.03. The second kappa shape index (κ2) is 23.0. The molecule has 0 N–H and O–H groups in total. The van der Waals surface area contributed by atoms with Gasteiger partial charge in [0.25, 0.3) is 0 Å². The van der Waals surface area contributed by atoms with E-state index in [4.69, 9.17) is 9.47 Å². The largest absolute Gasteiger partial charge is 0.494 e. The van der Waals surface area contributed by atoms with Crippen molar-refractivity contribution >= 4 is 81.6 Å². The highest BCUT2D eigenvalue weighted by Crippen LogP contribution is 2.37. The number of benzene rings is 2. The fourth-order valence-electron chi connectivity index (χ4n) is 4.94. The van der Waals surface area contributed by atoms with Gasteiger partial charge in [-0.25, -0.2) is 0 Å². The summed E-state index contributed by atoms with van der Waals surface area (Å²) < 4.78 is 15.4. The van der Waals surface area contributed by atoms with Gasteiger partial charge in [0.2, 0.25) is 0 Å². The molecule has 4 nitrogen and oxygen atoms in total. The van der Waals surface area contributed by atoms with Crippen LogP contribution in [-0.2, 0) is 0 Å². The van der Waals surface area contributed by atoms with E-state index in [2.05, 4.69) is 112 Å². The zero-order chi connectivity index (χ0) is 33.0. The Morgan fingerprint density at radius 2 is 0.761 bits per heavy atom. The minimum Gasteiger partial charge on any atom is -0.494 e. The van der Waals surface area contributed by atoms with Crippen LogP contribution < -0.4 is 9.47 Å². The highest BCUT2D eigenvalue weighted by Gasteiger charge is 2.13. The van der Waals surface area contributed by atoms with Crippen molar-refractivity contribution in [2.45, 2.75) is 104 Å². The number of nitrogens with zero attached hydrogens (tertiary/aromatic N) is 2. The van der Waals surface area contributed by atoms with Crippen LogP contribution in [0.5, 0.6) is 11.5 Å². The maximum absolute atomic E-state index is 5.96. The third kappa shape index (κ3) is 13.9. The van der Waals surface area contributed by atoms with E-state index in [-0.39, 0.29) is 0 Å². The number of rotatable bonds is 22. The molecular weight excluding hydrogens is 836 g/mol. The molecule has 2 aromatic carbocycles. The first-order chi connectivity index (χ1) is 22.4. The Labute approximate surface area is 310 Å². The summed E-state index contributed by atoms with van der Waals surface area (Å²) in [7, 11) is 0. The highest BCUT2D eigenvalue weighted by atomic mass is 79.9. The molecular formula is C38H48Br4N2O2. The van der Waals surface area contributed by atoms with Crippen LogP contribution in [0.2, 0.25) is 0 Å². The van der Waals surface area contributed by atoms with Gasteiger partial charge in [-0.15, -0.1) is 10.2 Å². The second-order valence-corrected chi connectivity index (χ2v) is 14.7. The number of halogens is 4. The molecule has 46 heavy (non-hydrogen) atoms. The molecule has 0 fully saturated rings.